The van der Waals surface area contributed by atoms with Gasteiger partial charge in [0.25, 0.3) is 0 Å². The Bertz CT molecular complexity index is 1200. The van der Waals surface area contributed by atoms with Gasteiger partial charge in [-0.15, -0.1) is 0 Å². The number of nitrogens with zero attached hydrogens (tertiary/aromatic N) is 3. The number of aromatic nitrogens is 2. The molecular formula is C26H34F2N4O4. The maximum Gasteiger partial charge on any atom is 0.319 e. The van der Waals surface area contributed by atoms with Gasteiger partial charge in [-0.1, -0.05) is 20.8 Å². The molecule has 0 spiro atoms. The number of aliphatic hydroxyl groups excluding tert-OH is 1. The van der Waals surface area contributed by atoms with Crippen LogP contribution in [-0.4, -0.2) is 65.5 Å². The van der Waals surface area contributed by atoms with E-state index in [2.05, 4.69) is 47.9 Å². The first kappa shape index (κ1) is 25.1. The molecule has 2 N–H and O–H groups in total. The molecule has 2 aromatic rings. The number of esters is 1. The first-order valence-corrected chi connectivity index (χ1v) is 12.4. The van der Waals surface area contributed by atoms with Crippen LogP contribution >= 0.6 is 0 Å². The first-order valence-electron chi connectivity index (χ1n) is 12.4. The monoisotopic (exact) mass is 504 g/mol. The maximum atomic E-state index is 15.0. The van der Waals surface area contributed by atoms with Crippen LogP contribution < -0.4 is 15.0 Å². The van der Waals surface area contributed by atoms with E-state index in [1.54, 1.807) is 0 Å². The molecule has 3 aliphatic rings. The summed E-state index contributed by atoms with van der Waals surface area (Å²) in [5, 5.41) is 14.0. The maximum absolute atomic E-state index is 15.0. The number of aliphatic hydroxyl groups is 1. The number of carbonyl (C=O) groups excluding carboxylic acids is 1. The van der Waals surface area contributed by atoms with Crippen LogP contribution in [-0.2, 0) is 9.53 Å². The van der Waals surface area contributed by atoms with E-state index in [0.717, 1.165) is 18.9 Å². The minimum Gasteiger partial charge on any atom is -0.469 e. The summed E-state index contributed by atoms with van der Waals surface area (Å²) in [6, 6.07) is 2.21. The number of nitrogens with one attached hydrogen (secondary N) is 1. The van der Waals surface area contributed by atoms with E-state index >= 15 is 0 Å². The quantitative estimate of drug-likeness (QED) is 0.579. The Morgan fingerprint density at radius 3 is 2.72 bits per heavy atom. The molecule has 10 heteroatoms. The van der Waals surface area contributed by atoms with Gasteiger partial charge >= 0.3 is 12.0 Å². The summed E-state index contributed by atoms with van der Waals surface area (Å²) >= 11 is 0. The van der Waals surface area contributed by atoms with E-state index in [0.29, 0.717) is 18.8 Å². The molecular weight excluding hydrogens is 470 g/mol. The molecule has 2 aliphatic heterocycles. The Kier molecular flexibility index (Phi) is 5.91. The van der Waals surface area contributed by atoms with Crippen molar-refractivity contribution in [3.05, 3.63) is 23.8 Å². The predicted molar refractivity (Wildman–Crippen MR) is 130 cm³/mol. The van der Waals surface area contributed by atoms with Crippen molar-refractivity contribution in [2.24, 2.45) is 16.7 Å². The highest BCUT2D eigenvalue weighted by atomic mass is 19.1. The number of benzene rings is 1. The van der Waals surface area contributed by atoms with E-state index in [9.17, 15) is 18.7 Å². The second kappa shape index (κ2) is 8.48. The minimum absolute atomic E-state index is 0.0167. The standard InChI is InChI=1S/C26H34F2N4O4/c1-24(2,3)22-25(4)7-6-15(31-25)11-32(22)20-16-8-14(27)9-18(28)19(16)29-23(30-20)36-13-26(12-33)10-17(26)21(34)35-5/h8-9,15,17,22,31,33H,6-7,10-13H2,1-5H3/t15-,17?,22?,25+,26?/m1/s1. The van der Waals surface area contributed by atoms with Gasteiger partial charge in [0.15, 0.2) is 5.82 Å². The fourth-order valence-electron chi connectivity index (χ4n) is 6.57. The van der Waals surface area contributed by atoms with Crippen molar-refractivity contribution in [2.45, 2.75) is 64.6 Å². The molecule has 8 nitrogen and oxygen atoms in total. The Morgan fingerprint density at radius 2 is 2.06 bits per heavy atom. The summed E-state index contributed by atoms with van der Waals surface area (Å²) in [5.41, 5.74) is -1.20. The summed E-state index contributed by atoms with van der Waals surface area (Å²) in [6.45, 7) is 9.00. The lowest BCUT2D eigenvalue weighted by atomic mass is 9.73. The lowest BCUT2D eigenvalue weighted by molar-refractivity contribution is -0.143. The van der Waals surface area contributed by atoms with E-state index < -0.39 is 28.9 Å². The molecule has 1 aliphatic carbocycles. The number of hydrogen-bond acceptors (Lipinski definition) is 8. The van der Waals surface area contributed by atoms with Gasteiger partial charge in [-0.2, -0.15) is 9.97 Å². The van der Waals surface area contributed by atoms with Crippen molar-refractivity contribution in [2.75, 3.05) is 31.8 Å². The lowest BCUT2D eigenvalue weighted by Gasteiger charge is -2.53. The number of carbonyl (C=O) groups is 1. The van der Waals surface area contributed by atoms with Crippen LogP contribution in [0, 0.1) is 28.4 Å². The third-order valence-corrected chi connectivity index (χ3v) is 8.13. The molecule has 1 aromatic heterocycles. The van der Waals surface area contributed by atoms with Gasteiger partial charge in [-0.05, 0) is 37.7 Å². The topological polar surface area (TPSA) is 96.8 Å². The first-order chi connectivity index (χ1) is 16.9. The van der Waals surface area contributed by atoms with Crippen LogP contribution in [0.15, 0.2) is 12.1 Å². The van der Waals surface area contributed by atoms with E-state index in [4.69, 9.17) is 9.47 Å². The number of methoxy groups -OCH3 is 1. The number of piperazine rings is 1. The van der Waals surface area contributed by atoms with Gasteiger partial charge in [0, 0.05) is 35.0 Å². The van der Waals surface area contributed by atoms with Crippen LogP contribution in [0.2, 0.25) is 0 Å². The second-order valence-electron chi connectivity index (χ2n) is 11.9. The van der Waals surface area contributed by atoms with Gasteiger partial charge in [0.1, 0.15) is 23.8 Å². The zero-order chi connectivity index (χ0) is 26.0. The molecule has 2 saturated heterocycles. The number of ether oxygens (including phenoxy) is 2. The van der Waals surface area contributed by atoms with Gasteiger partial charge in [-0.3, -0.25) is 4.79 Å². The Hall–Kier alpha value is -2.59. The number of anilines is 1. The molecule has 36 heavy (non-hydrogen) atoms. The largest absolute Gasteiger partial charge is 0.469 e. The van der Waals surface area contributed by atoms with Gasteiger partial charge in [-0.25, -0.2) is 8.78 Å². The molecule has 196 valence electrons. The van der Waals surface area contributed by atoms with Crippen molar-refractivity contribution in [1.82, 2.24) is 15.3 Å². The van der Waals surface area contributed by atoms with Crippen molar-refractivity contribution in [3.63, 3.8) is 0 Å². The highest BCUT2D eigenvalue weighted by Gasteiger charge is 2.60. The Balaban J connectivity index is 1.57. The van der Waals surface area contributed by atoms with Crippen molar-refractivity contribution in [1.29, 1.82) is 0 Å². The zero-order valence-corrected chi connectivity index (χ0v) is 21.4. The molecule has 5 rings (SSSR count). The average molecular weight is 505 g/mol. The molecule has 3 unspecified atom stereocenters. The SMILES string of the molecule is COC(=O)C1CC1(CO)COc1nc(N2C[C@H]3CC[C@](C)(N3)C2C(C)(C)C)c2cc(F)cc(F)c2n1. The number of halogens is 2. The summed E-state index contributed by atoms with van der Waals surface area (Å²) in [5.74, 6) is -1.97. The minimum atomic E-state index is -0.800. The highest BCUT2D eigenvalue weighted by molar-refractivity contribution is 5.90. The molecule has 1 saturated carbocycles. The van der Waals surface area contributed by atoms with E-state index in [1.807, 2.05) is 0 Å². The zero-order valence-electron chi connectivity index (χ0n) is 21.4. The highest BCUT2D eigenvalue weighted by Crippen LogP contribution is 2.53. The van der Waals surface area contributed by atoms with Crippen molar-refractivity contribution >= 4 is 22.7 Å². The third kappa shape index (κ3) is 4.08. The average Bonchev–Trinajstić information content (AvgIpc) is 3.46. The van der Waals surface area contributed by atoms with Gasteiger partial charge < -0.3 is 24.8 Å². The fraction of sp³-hybridized carbons (Fsp3) is 0.654. The van der Waals surface area contributed by atoms with E-state index in [1.165, 1.54) is 13.2 Å². The van der Waals surface area contributed by atoms with Crippen molar-refractivity contribution in [3.8, 4) is 6.01 Å². The molecule has 5 atom stereocenters. The fourth-order valence-corrected chi connectivity index (χ4v) is 6.57. The van der Waals surface area contributed by atoms with Crippen LogP contribution in [0.5, 0.6) is 6.01 Å². The second-order valence-corrected chi connectivity index (χ2v) is 11.9. The summed E-state index contributed by atoms with van der Waals surface area (Å²) < 4.78 is 40.1. The Labute approximate surface area is 209 Å². The molecule has 2 bridgehead atoms. The molecule has 3 heterocycles. The third-order valence-electron chi connectivity index (χ3n) is 8.13. The van der Waals surface area contributed by atoms with Gasteiger partial charge in [0.2, 0.25) is 0 Å². The Morgan fingerprint density at radius 1 is 1.31 bits per heavy atom. The number of fused-ring (bicyclic) bond motifs is 3. The summed E-state index contributed by atoms with van der Waals surface area (Å²) in [7, 11) is 1.30. The van der Waals surface area contributed by atoms with Crippen LogP contribution in [0.3, 0.4) is 0 Å². The normalized spacial score (nSPS) is 31.6. The predicted octanol–water partition coefficient (Wildman–Crippen LogP) is 3.20. The van der Waals surface area contributed by atoms with Crippen LogP contribution in [0.4, 0.5) is 14.6 Å². The smallest absolute Gasteiger partial charge is 0.319 e. The van der Waals surface area contributed by atoms with Crippen LogP contribution in [0.1, 0.15) is 47.0 Å². The summed E-state index contributed by atoms with van der Waals surface area (Å²) in [4.78, 5) is 23.1. The van der Waals surface area contributed by atoms with Gasteiger partial charge in [0.05, 0.1) is 25.7 Å². The number of rotatable bonds is 6. The van der Waals surface area contributed by atoms with Crippen molar-refractivity contribution < 1.29 is 28.2 Å². The lowest BCUT2D eigenvalue weighted by Crippen LogP contribution is -2.68. The molecule has 1 aromatic carbocycles. The van der Waals surface area contributed by atoms with E-state index in [-0.39, 0.29) is 53.2 Å². The molecule has 0 amide bonds. The van der Waals surface area contributed by atoms with Crippen LogP contribution in [0.25, 0.3) is 10.9 Å². The molecule has 0 radical (unpaired) electrons. The molecule has 3 fully saturated rings. The summed E-state index contributed by atoms with van der Waals surface area (Å²) in [6.07, 6.45) is 2.40. The number of hydrogen-bond donors (Lipinski definition) is 2.